The number of halogens is 1. The third-order valence-electron chi connectivity index (χ3n) is 4.78. The van der Waals surface area contributed by atoms with Gasteiger partial charge in [0.15, 0.2) is 5.69 Å². The van der Waals surface area contributed by atoms with Gasteiger partial charge >= 0.3 is 0 Å². The van der Waals surface area contributed by atoms with E-state index in [9.17, 15) is 4.79 Å². The lowest BCUT2D eigenvalue weighted by atomic mass is 10.1. The summed E-state index contributed by atoms with van der Waals surface area (Å²) in [6.45, 7) is 4.82. The quantitative estimate of drug-likeness (QED) is 0.919. The van der Waals surface area contributed by atoms with Gasteiger partial charge < -0.3 is 10.2 Å². The van der Waals surface area contributed by atoms with E-state index in [1.165, 1.54) is 12.8 Å². The van der Waals surface area contributed by atoms with Crippen LogP contribution in [0.25, 0.3) is 0 Å². The van der Waals surface area contributed by atoms with E-state index in [1.54, 1.807) is 0 Å². The largest absolute Gasteiger partial charge is 0.334 e. The van der Waals surface area contributed by atoms with Crippen molar-refractivity contribution in [2.75, 3.05) is 19.6 Å². The summed E-state index contributed by atoms with van der Waals surface area (Å²) in [4.78, 5) is 14.6. The van der Waals surface area contributed by atoms with Gasteiger partial charge in [-0.15, -0.1) is 17.5 Å². The van der Waals surface area contributed by atoms with Crippen LogP contribution in [0.2, 0.25) is 0 Å². The van der Waals surface area contributed by atoms with E-state index in [2.05, 4.69) is 15.6 Å². The molecule has 7 heteroatoms. The molecule has 0 unspecified atom stereocenters. The molecule has 0 bridgehead atoms. The fourth-order valence-corrected chi connectivity index (χ4v) is 3.56. The van der Waals surface area contributed by atoms with Crippen LogP contribution < -0.4 is 5.32 Å². The van der Waals surface area contributed by atoms with Crippen LogP contribution in [0.15, 0.2) is 6.20 Å². The van der Waals surface area contributed by atoms with Crippen molar-refractivity contribution in [1.29, 1.82) is 0 Å². The van der Waals surface area contributed by atoms with Crippen molar-refractivity contribution in [3.63, 3.8) is 0 Å². The zero-order valence-corrected chi connectivity index (χ0v) is 14.0. The molecule has 0 atom stereocenters. The second-order valence-electron chi connectivity index (χ2n) is 6.09. The van der Waals surface area contributed by atoms with Crippen molar-refractivity contribution >= 4 is 18.3 Å². The lowest BCUT2D eigenvalue weighted by molar-refractivity contribution is 0.0687. The highest BCUT2D eigenvalue weighted by Gasteiger charge is 2.28. The highest BCUT2D eigenvalue weighted by molar-refractivity contribution is 5.92. The lowest BCUT2D eigenvalue weighted by Gasteiger charge is -2.26. The molecule has 6 nitrogen and oxygen atoms in total. The van der Waals surface area contributed by atoms with E-state index in [1.807, 2.05) is 22.7 Å². The van der Waals surface area contributed by atoms with E-state index < -0.39 is 0 Å². The molecule has 1 saturated heterocycles. The minimum absolute atomic E-state index is 0. The first-order valence-corrected chi connectivity index (χ1v) is 8.23. The molecule has 2 fully saturated rings. The van der Waals surface area contributed by atoms with Gasteiger partial charge in [-0.25, -0.2) is 4.68 Å². The maximum absolute atomic E-state index is 12.7. The molecule has 0 aromatic carbocycles. The Bertz CT molecular complexity index is 480. The van der Waals surface area contributed by atoms with Gasteiger partial charge in [0.05, 0.1) is 12.2 Å². The van der Waals surface area contributed by atoms with Gasteiger partial charge in [0.2, 0.25) is 0 Å². The zero-order valence-electron chi connectivity index (χ0n) is 13.2. The van der Waals surface area contributed by atoms with E-state index >= 15 is 0 Å². The van der Waals surface area contributed by atoms with E-state index in [4.69, 9.17) is 0 Å². The van der Waals surface area contributed by atoms with Crippen molar-refractivity contribution in [3.05, 3.63) is 11.9 Å². The first kappa shape index (κ1) is 17.2. The summed E-state index contributed by atoms with van der Waals surface area (Å²) in [5, 5.41) is 11.7. The summed E-state index contributed by atoms with van der Waals surface area (Å²) in [6.07, 6.45) is 8.67. The number of carbonyl (C=O) groups excluding carboxylic acids is 1. The number of hydrogen-bond donors (Lipinski definition) is 1. The molecule has 1 aliphatic heterocycles. The van der Waals surface area contributed by atoms with Crippen LogP contribution in [0.3, 0.4) is 0 Å². The van der Waals surface area contributed by atoms with Crippen LogP contribution in [0.1, 0.15) is 62.0 Å². The van der Waals surface area contributed by atoms with Crippen LogP contribution in [0.4, 0.5) is 0 Å². The summed E-state index contributed by atoms with van der Waals surface area (Å²) in [7, 11) is 0. The molecule has 1 amide bonds. The Kier molecular flexibility index (Phi) is 6.20. The number of piperidine rings is 1. The average Bonchev–Trinajstić information content (AvgIpc) is 3.20. The molecule has 1 aromatic heterocycles. The summed E-state index contributed by atoms with van der Waals surface area (Å²) in [5.74, 6) is 0.0459. The number of aromatic nitrogens is 3. The Labute approximate surface area is 138 Å². The predicted octanol–water partition coefficient (Wildman–Crippen LogP) is 2.03. The number of carbonyl (C=O) groups is 1. The van der Waals surface area contributed by atoms with Crippen molar-refractivity contribution in [1.82, 2.24) is 25.2 Å². The van der Waals surface area contributed by atoms with Crippen LogP contribution in [-0.2, 0) is 0 Å². The van der Waals surface area contributed by atoms with Crippen molar-refractivity contribution in [3.8, 4) is 0 Å². The second kappa shape index (κ2) is 7.92. The zero-order chi connectivity index (χ0) is 14.7. The van der Waals surface area contributed by atoms with Crippen molar-refractivity contribution < 1.29 is 4.79 Å². The van der Waals surface area contributed by atoms with Crippen LogP contribution >= 0.6 is 12.4 Å². The highest BCUT2D eigenvalue weighted by Crippen LogP contribution is 2.25. The molecule has 1 N–H and O–H groups in total. The minimum atomic E-state index is 0. The first-order valence-electron chi connectivity index (χ1n) is 8.23. The predicted molar refractivity (Wildman–Crippen MR) is 87.4 cm³/mol. The molecule has 3 rings (SSSR count). The Morgan fingerprint density at radius 2 is 2.00 bits per heavy atom. The lowest BCUT2D eigenvalue weighted by Crippen LogP contribution is -2.38. The minimum Gasteiger partial charge on any atom is -0.334 e. The second-order valence-corrected chi connectivity index (χ2v) is 6.09. The molecule has 2 aliphatic rings. The number of hydrogen-bond acceptors (Lipinski definition) is 4. The highest BCUT2D eigenvalue weighted by atomic mass is 35.5. The average molecular weight is 328 g/mol. The molecule has 1 saturated carbocycles. The standard InChI is InChI=1S/C15H25N5O.ClH/c1-2-19(12-5-3-4-6-12)15(21)14-11-20(18-17-14)13-7-9-16-10-8-13;/h11-13,16H,2-10H2,1H3;1H. The number of nitrogens with zero attached hydrogens (tertiary/aromatic N) is 4. The fourth-order valence-electron chi connectivity index (χ4n) is 3.56. The molecule has 2 heterocycles. The van der Waals surface area contributed by atoms with Gasteiger partial charge in [0.1, 0.15) is 0 Å². The molecular weight excluding hydrogens is 302 g/mol. The number of rotatable bonds is 4. The molecule has 22 heavy (non-hydrogen) atoms. The topological polar surface area (TPSA) is 63.1 Å². The van der Waals surface area contributed by atoms with Crippen LogP contribution in [0, 0.1) is 0 Å². The molecule has 0 spiro atoms. The molecule has 124 valence electrons. The van der Waals surface area contributed by atoms with Crippen LogP contribution in [0.5, 0.6) is 0 Å². The van der Waals surface area contributed by atoms with Gasteiger partial charge in [0.25, 0.3) is 5.91 Å². The third-order valence-corrected chi connectivity index (χ3v) is 4.78. The van der Waals surface area contributed by atoms with Crippen molar-refractivity contribution in [2.45, 2.75) is 57.5 Å². The SMILES string of the molecule is CCN(C(=O)c1cn(C2CCNCC2)nn1)C1CCCC1.Cl. The molecular formula is C15H26ClN5O. The maximum Gasteiger partial charge on any atom is 0.276 e. The number of nitrogens with one attached hydrogen (secondary N) is 1. The smallest absolute Gasteiger partial charge is 0.276 e. The van der Waals surface area contributed by atoms with E-state index in [0.29, 0.717) is 17.8 Å². The van der Waals surface area contributed by atoms with Crippen molar-refractivity contribution in [2.24, 2.45) is 0 Å². The third kappa shape index (κ3) is 3.60. The number of amides is 1. The fraction of sp³-hybridized carbons (Fsp3) is 0.800. The maximum atomic E-state index is 12.7. The van der Waals surface area contributed by atoms with E-state index in [-0.39, 0.29) is 18.3 Å². The molecule has 1 aliphatic carbocycles. The van der Waals surface area contributed by atoms with Gasteiger partial charge in [-0.1, -0.05) is 18.1 Å². The van der Waals surface area contributed by atoms with Gasteiger partial charge in [-0.05, 0) is 45.7 Å². The molecule has 1 aromatic rings. The summed E-state index contributed by atoms with van der Waals surface area (Å²) in [5.41, 5.74) is 0.502. The molecule has 0 radical (unpaired) electrons. The first-order chi connectivity index (χ1) is 10.3. The van der Waals surface area contributed by atoms with Crippen LogP contribution in [-0.4, -0.2) is 51.5 Å². The van der Waals surface area contributed by atoms with Gasteiger partial charge in [-0.3, -0.25) is 4.79 Å². The Morgan fingerprint density at radius 1 is 1.32 bits per heavy atom. The summed E-state index contributed by atoms with van der Waals surface area (Å²) < 4.78 is 1.89. The Hall–Kier alpha value is -1.14. The van der Waals surface area contributed by atoms with Gasteiger partial charge in [0, 0.05) is 12.6 Å². The van der Waals surface area contributed by atoms with E-state index in [0.717, 1.165) is 45.3 Å². The summed E-state index contributed by atoms with van der Waals surface area (Å²) >= 11 is 0. The Balaban J connectivity index is 0.00000176. The normalized spacial score (nSPS) is 19.9. The Morgan fingerprint density at radius 3 is 2.64 bits per heavy atom. The summed E-state index contributed by atoms with van der Waals surface area (Å²) in [6, 6.07) is 0.772. The monoisotopic (exact) mass is 327 g/mol. The van der Waals surface area contributed by atoms with Gasteiger partial charge in [-0.2, -0.15) is 0 Å².